The first-order chi connectivity index (χ1) is 9.04. The van der Waals surface area contributed by atoms with Crippen molar-refractivity contribution >= 4 is 22.9 Å². The molecule has 0 saturated heterocycles. The van der Waals surface area contributed by atoms with Gasteiger partial charge in [0, 0.05) is 17.3 Å². The van der Waals surface area contributed by atoms with Crippen molar-refractivity contribution in [3.05, 3.63) is 51.7 Å². The normalized spacial score (nSPS) is 12.1. The molecule has 0 radical (unpaired) electrons. The second-order valence-electron chi connectivity index (χ2n) is 4.84. The molecule has 4 heteroatoms. The van der Waals surface area contributed by atoms with Crippen LogP contribution in [0.25, 0.3) is 0 Å². The van der Waals surface area contributed by atoms with E-state index in [0.29, 0.717) is 11.3 Å². The van der Waals surface area contributed by atoms with Gasteiger partial charge in [0.2, 0.25) is 0 Å². The van der Waals surface area contributed by atoms with E-state index in [4.69, 9.17) is 5.73 Å². The van der Waals surface area contributed by atoms with Crippen molar-refractivity contribution in [1.82, 2.24) is 5.32 Å². The number of carbonyl (C=O) groups is 1. The molecule has 0 aliphatic carbocycles. The third kappa shape index (κ3) is 3.83. The summed E-state index contributed by atoms with van der Waals surface area (Å²) in [5.41, 5.74) is 9.25. The average molecular weight is 274 g/mol. The van der Waals surface area contributed by atoms with Gasteiger partial charge in [0.25, 0.3) is 5.91 Å². The predicted molar refractivity (Wildman–Crippen MR) is 80.5 cm³/mol. The summed E-state index contributed by atoms with van der Waals surface area (Å²) in [4.78, 5) is 12.1. The van der Waals surface area contributed by atoms with E-state index in [9.17, 15) is 4.79 Å². The van der Waals surface area contributed by atoms with Crippen LogP contribution in [-0.2, 0) is 6.42 Å². The molecule has 3 nitrogen and oxygen atoms in total. The fourth-order valence-corrected chi connectivity index (χ4v) is 2.75. The van der Waals surface area contributed by atoms with Crippen molar-refractivity contribution in [2.45, 2.75) is 26.3 Å². The lowest BCUT2D eigenvalue weighted by Crippen LogP contribution is -2.34. The molecule has 1 amide bonds. The molecule has 0 aliphatic rings. The first-order valence-corrected chi connectivity index (χ1v) is 7.18. The van der Waals surface area contributed by atoms with Crippen LogP contribution in [0.5, 0.6) is 0 Å². The van der Waals surface area contributed by atoms with Gasteiger partial charge in [-0.25, -0.2) is 0 Å². The maximum Gasteiger partial charge on any atom is 0.251 e. The molecule has 1 unspecified atom stereocenters. The Morgan fingerprint density at radius 2 is 2.21 bits per heavy atom. The smallest absolute Gasteiger partial charge is 0.251 e. The Kier molecular flexibility index (Phi) is 4.22. The molecule has 1 aromatic carbocycles. The van der Waals surface area contributed by atoms with E-state index in [-0.39, 0.29) is 11.9 Å². The SMILES string of the molecule is Cc1cc(N)cc(C(=O)NC(C)Cc2ccsc2)c1. The average Bonchev–Trinajstić information content (AvgIpc) is 2.80. The minimum Gasteiger partial charge on any atom is -0.399 e. The molecule has 0 saturated carbocycles. The van der Waals surface area contributed by atoms with Crippen molar-refractivity contribution in [3.8, 4) is 0 Å². The van der Waals surface area contributed by atoms with Crippen LogP contribution >= 0.6 is 11.3 Å². The molecule has 100 valence electrons. The number of nitrogens with one attached hydrogen (secondary N) is 1. The van der Waals surface area contributed by atoms with Gasteiger partial charge in [0.1, 0.15) is 0 Å². The summed E-state index contributed by atoms with van der Waals surface area (Å²) in [6.45, 7) is 3.94. The van der Waals surface area contributed by atoms with Crippen LogP contribution in [0.1, 0.15) is 28.4 Å². The van der Waals surface area contributed by atoms with E-state index in [1.165, 1.54) is 5.56 Å². The summed E-state index contributed by atoms with van der Waals surface area (Å²) >= 11 is 1.67. The number of nitrogens with two attached hydrogens (primary N) is 1. The van der Waals surface area contributed by atoms with Gasteiger partial charge in [-0.1, -0.05) is 0 Å². The minimum atomic E-state index is -0.0712. The van der Waals surface area contributed by atoms with Crippen LogP contribution < -0.4 is 11.1 Å². The molecule has 0 bridgehead atoms. The molecule has 19 heavy (non-hydrogen) atoms. The Morgan fingerprint density at radius 3 is 2.84 bits per heavy atom. The summed E-state index contributed by atoms with van der Waals surface area (Å²) in [5.74, 6) is -0.0712. The number of amides is 1. The largest absolute Gasteiger partial charge is 0.399 e. The Balaban J connectivity index is 2.00. The minimum absolute atomic E-state index is 0.0712. The van der Waals surface area contributed by atoms with Gasteiger partial charge >= 0.3 is 0 Å². The van der Waals surface area contributed by atoms with E-state index in [0.717, 1.165) is 12.0 Å². The zero-order valence-electron chi connectivity index (χ0n) is 11.1. The van der Waals surface area contributed by atoms with Crippen molar-refractivity contribution in [2.24, 2.45) is 0 Å². The highest BCUT2D eigenvalue weighted by atomic mass is 32.1. The number of rotatable bonds is 4. The van der Waals surface area contributed by atoms with Crippen LogP contribution in [0.4, 0.5) is 5.69 Å². The first-order valence-electron chi connectivity index (χ1n) is 6.23. The second kappa shape index (κ2) is 5.89. The summed E-state index contributed by atoms with van der Waals surface area (Å²) in [6.07, 6.45) is 0.844. The second-order valence-corrected chi connectivity index (χ2v) is 5.62. The van der Waals surface area contributed by atoms with Crippen molar-refractivity contribution < 1.29 is 4.79 Å². The zero-order valence-corrected chi connectivity index (χ0v) is 12.0. The van der Waals surface area contributed by atoms with Crippen molar-refractivity contribution in [3.63, 3.8) is 0 Å². The van der Waals surface area contributed by atoms with Gasteiger partial charge in [-0.3, -0.25) is 4.79 Å². The van der Waals surface area contributed by atoms with E-state index in [2.05, 4.69) is 16.8 Å². The van der Waals surface area contributed by atoms with Crippen molar-refractivity contribution in [2.75, 3.05) is 5.73 Å². The number of anilines is 1. The van der Waals surface area contributed by atoms with Crippen molar-refractivity contribution in [1.29, 1.82) is 0 Å². The Morgan fingerprint density at radius 1 is 1.42 bits per heavy atom. The molecular formula is C15H18N2OS. The number of benzene rings is 1. The van der Waals surface area contributed by atoms with E-state index >= 15 is 0 Å². The molecule has 1 heterocycles. The number of hydrogen-bond acceptors (Lipinski definition) is 3. The predicted octanol–water partition coefficient (Wildman–Crippen LogP) is 3.00. The standard InChI is InChI=1S/C15H18N2OS/c1-10-5-13(8-14(16)6-10)15(18)17-11(2)7-12-3-4-19-9-12/h3-6,8-9,11H,7,16H2,1-2H3,(H,17,18). The van der Waals surface area contributed by atoms with Gasteiger partial charge in [0.15, 0.2) is 0 Å². The third-order valence-corrected chi connectivity index (χ3v) is 3.59. The Labute approximate surface area is 117 Å². The molecule has 3 N–H and O–H groups in total. The maximum atomic E-state index is 12.1. The Bertz CT molecular complexity index is 543. The van der Waals surface area contributed by atoms with Gasteiger partial charge in [-0.05, 0) is 66.4 Å². The fraction of sp³-hybridized carbons (Fsp3) is 0.267. The number of carbonyl (C=O) groups excluding carboxylic acids is 1. The summed E-state index contributed by atoms with van der Waals surface area (Å²) in [6, 6.07) is 7.59. The molecule has 1 atom stereocenters. The topological polar surface area (TPSA) is 55.1 Å². The molecule has 2 rings (SSSR count). The first kappa shape index (κ1) is 13.6. The van der Waals surface area contributed by atoms with Crippen LogP contribution in [0.15, 0.2) is 35.0 Å². The fourth-order valence-electron chi connectivity index (χ4n) is 2.06. The summed E-state index contributed by atoms with van der Waals surface area (Å²) in [5, 5.41) is 7.15. The molecule has 0 fully saturated rings. The van der Waals surface area contributed by atoms with Gasteiger partial charge in [-0.2, -0.15) is 11.3 Å². The van der Waals surface area contributed by atoms with Gasteiger partial charge in [-0.15, -0.1) is 0 Å². The monoisotopic (exact) mass is 274 g/mol. The van der Waals surface area contributed by atoms with Gasteiger partial charge < -0.3 is 11.1 Å². The molecule has 1 aromatic heterocycles. The molecule has 0 spiro atoms. The molecule has 0 aliphatic heterocycles. The lowest BCUT2D eigenvalue weighted by atomic mass is 10.1. The van der Waals surface area contributed by atoms with Crippen LogP contribution in [0, 0.1) is 6.92 Å². The highest BCUT2D eigenvalue weighted by Crippen LogP contribution is 2.12. The van der Waals surface area contributed by atoms with Gasteiger partial charge in [0.05, 0.1) is 0 Å². The lowest BCUT2D eigenvalue weighted by Gasteiger charge is -2.13. The number of aryl methyl sites for hydroxylation is 1. The Hall–Kier alpha value is -1.81. The number of hydrogen-bond donors (Lipinski definition) is 2. The summed E-state index contributed by atoms with van der Waals surface area (Å²) < 4.78 is 0. The van der Waals surface area contributed by atoms with E-state index < -0.39 is 0 Å². The number of nitrogen functional groups attached to an aromatic ring is 1. The quantitative estimate of drug-likeness (QED) is 0.842. The van der Waals surface area contributed by atoms with Crippen LogP contribution in [0.3, 0.4) is 0 Å². The molecule has 2 aromatic rings. The maximum absolute atomic E-state index is 12.1. The zero-order chi connectivity index (χ0) is 13.8. The summed E-state index contributed by atoms with van der Waals surface area (Å²) in [7, 11) is 0. The van der Waals surface area contributed by atoms with Crippen LogP contribution in [-0.4, -0.2) is 11.9 Å². The lowest BCUT2D eigenvalue weighted by molar-refractivity contribution is 0.0940. The highest BCUT2D eigenvalue weighted by molar-refractivity contribution is 7.07. The third-order valence-electron chi connectivity index (χ3n) is 2.86. The van der Waals surface area contributed by atoms with E-state index in [1.807, 2.05) is 31.4 Å². The molecular weight excluding hydrogens is 256 g/mol. The van der Waals surface area contributed by atoms with Crippen LogP contribution in [0.2, 0.25) is 0 Å². The highest BCUT2D eigenvalue weighted by Gasteiger charge is 2.11. The van der Waals surface area contributed by atoms with E-state index in [1.54, 1.807) is 17.4 Å². The number of thiophene rings is 1.